The molecule has 4 aliphatic rings. The maximum Gasteiger partial charge on any atom is 0.213 e. The van der Waals surface area contributed by atoms with E-state index in [2.05, 4.69) is 147 Å². The standard InChI is InChI=1S/C48H56N2/c1-6-9-15-35-19-25-40-44(31-35)47(5,7-2)48(8-3,50-28-14-13-18-46(40)50)27-29-49-33-39(36-16-11-10-12-17-36)24-26-45(49)41-32-43-38-22-20-37(21-23-38)42(43)30-34(41)4/h10-14,16-19,24-26,28,30-33,37-38H,6-9,15,20-23,27,29H2,1-5H3/q+2. The molecule has 3 aromatic carbocycles. The first kappa shape index (κ1) is 33.1. The van der Waals surface area contributed by atoms with E-state index in [0.717, 1.165) is 44.1 Å². The van der Waals surface area contributed by atoms with Gasteiger partial charge in [0.15, 0.2) is 24.5 Å². The number of benzene rings is 3. The summed E-state index contributed by atoms with van der Waals surface area (Å²) in [5.41, 5.74) is 15.8. The van der Waals surface area contributed by atoms with E-state index in [9.17, 15) is 0 Å². The van der Waals surface area contributed by atoms with Crippen LogP contribution >= 0.6 is 0 Å². The van der Waals surface area contributed by atoms with Crippen LogP contribution < -0.4 is 9.13 Å². The van der Waals surface area contributed by atoms with Crippen molar-refractivity contribution in [2.24, 2.45) is 0 Å². The Morgan fingerprint density at radius 1 is 0.700 bits per heavy atom. The van der Waals surface area contributed by atoms with Crippen LogP contribution in [0.25, 0.3) is 33.6 Å². The van der Waals surface area contributed by atoms with Gasteiger partial charge in [-0.15, -0.1) is 0 Å². The number of unbranched alkanes of at least 4 members (excludes halogenated alkanes) is 1. The molecule has 3 aliphatic carbocycles. The molecule has 9 rings (SSSR count). The van der Waals surface area contributed by atoms with Crippen LogP contribution in [0.4, 0.5) is 0 Å². The van der Waals surface area contributed by atoms with E-state index in [1.165, 1.54) is 83.3 Å². The molecule has 3 heterocycles. The summed E-state index contributed by atoms with van der Waals surface area (Å²) >= 11 is 0. The maximum absolute atomic E-state index is 2.69. The van der Waals surface area contributed by atoms with E-state index in [1.54, 1.807) is 16.7 Å². The fraction of sp³-hybridized carbons (Fsp3) is 0.417. The zero-order valence-corrected chi connectivity index (χ0v) is 31.1. The summed E-state index contributed by atoms with van der Waals surface area (Å²) in [4.78, 5) is 0. The number of aromatic nitrogens is 2. The minimum atomic E-state index is -0.0776. The maximum atomic E-state index is 2.69. The number of hydrogen-bond donors (Lipinski definition) is 0. The zero-order valence-electron chi connectivity index (χ0n) is 31.1. The molecule has 0 saturated heterocycles. The lowest BCUT2D eigenvalue weighted by atomic mass is 9.58. The summed E-state index contributed by atoms with van der Waals surface area (Å²) in [6, 6.07) is 35.2. The molecule has 1 aliphatic heterocycles. The van der Waals surface area contributed by atoms with Gasteiger partial charge in [0.05, 0.1) is 17.4 Å². The van der Waals surface area contributed by atoms with E-state index in [1.807, 2.05) is 0 Å². The van der Waals surface area contributed by atoms with Gasteiger partial charge in [-0.1, -0.05) is 75.7 Å². The highest BCUT2D eigenvalue weighted by atomic mass is 15.1. The molecule has 2 atom stereocenters. The molecular formula is C48H56N2+2. The van der Waals surface area contributed by atoms with Gasteiger partial charge in [0.2, 0.25) is 11.4 Å². The Bertz CT molecular complexity index is 2020. The Balaban J connectivity index is 1.26. The summed E-state index contributed by atoms with van der Waals surface area (Å²) in [6.45, 7) is 13.1. The molecular weight excluding hydrogens is 605 g/mol. The van der Waals surface area contributed by atoms with Gasteiger partial charge in [-0.2, -0.15) is 9.13 Å². The highest BCUT2D eigenvalue weighted by molar-refractivity contribution is 5.69. The number of rotatable bonds is 10. The first-order valence-corrected chi connectivity index (χ1v) is 19.8. The lowest BCUT2D eigenvalue weighted by molar-refractivity contribution is -0.782. The molecule has 2 bridgehead atoms. The number of nitrogens with zero attached hydrogens (tertiary/aromatic N) is 2. The summed E-state index contributed by atoms with van der Waals surface area (Å²) in [6.07, 6.45) is 17.2. The number of hydrogen-bond acceptors (Lipinski definition) is 0. The molecule has 2 nitrogen and oxygen atoms in total. The van der Waals surface area contributed by atoms with E-state index in [4.69, 9.17) is 0 Å². The minimum Gasteiger partial charge on any atom is -0.197 e. The van der Waals surface area contributed by atoms with Crippen molar-refractivity contribution >= 4 is 0 Å². The Labute approximate surface area is 301 Å². The van der Waals surface area contributed by atoms with Gasteiger partial charge in [-0.05, 0) is 128 Å². The second-order valence-corrected chi connectivity index (χ2v) is 16.0. The minimum absolute atomic E-state index is 0.0168. The third-order valence-corrected chi connectivity index (χ3v) is 13.6. The van der Waals surface area contributed by atoms with Crippen molar-refractivity contribution in [3.05, 3.63) is 131 Å². The van der Waals surface area contributed by atoms with Gasteiger partial charge in [0.1, 0.15) is 0 Å². The Hall–Kier alpha value is -4.04. The quantitative estimate of drug-likeness (QED) is 0.132. The van der Waals surface area contributed by atoms with Crippen molar-refractivity contribution in [2.75, 3.05) is 0 Å². The van der Waals surface area contributed by atoms with Gasteiger partial charge >= 0.3 is 0 Å². The van der Waals surface area contributed by atoms with Crippen LogP contribution in [0.2, 0.25) is 0 Å². The smallest absolute Gasteiger partial charge is 0.197 e. The topological polar surface area (TPSA) is 7.76 Å². The molecule has 2 unspecified atom stereocenters. The van der Waals surface area contributed by atoms with Crippen LogP contribution in [0.5, 0.6) is 0 Å². The van der Waals surface area contributed by atoms with Crippen molar-refractivity contribution in [1.82, 2.24) is 0 Å². The highest BCUT2D eigenvalue weighted by Gasteiger charge is 2.59. The van der Waals surface area contributed by atoms with E-state index < -0.39 is 0 Å². The molecule has 2 heteroatoms. The predicted octanol–water partition coefficient (Wildman–Crippen LogP) is 11.5. The van der Waals surface area contributed by atoms with Crippen LogP contribution in [0.3, 0.4) is 0 Å². The molecule has 50 heavy (non-hydrogen) atoms. The number of pyridine rings is 2. The normalized spacial score (nSPS) is 23.3. The first-order chi connectivity index (χ1) is 24.4. The van der Waals surface area contributed by atoms with Crippen molar-refractivity contribution in [3.8, 4) is 33.6 Å². The van der Waals surface area contributed by atoms with E-state index >= 15 is 0 Å². The average Bonchev–Trinajstić information content (AvgIpc) is 3.17. The Morgan fingerprint density at radius 2 is 1.44 bits per heavy atom. The summed E-state index contributed by atoms with van der Waals surface area (Å²) in [7, 11) is 0. The molecule has 256 valence electrons. The van der Waals surface area contributed by atoms with Gasteiger partial charge in [-0.3, -0.25) is 0 Å². The van der Waals surface area contributed by atoms with Crippen molar-refractivity contribution in [2.45, 2.75) is 128 Å². The molecule has 5 aromatic rings. The largest absolute Gasteiger partial charge is 0.213 e. The number of fused-ring (bicyclic) bond motifs is 5. The second-order valence-electron chi connectivity index (χ2n) is 16.0. The molecule has 0 N–H and O–H groups in total. The van der Waals surface area contributed by atoms with Crippen LogP contribution in [0.1, 0.15) is 125 Å². The van der Waals surface area contributed by atoms with Gasteiger partial charge in [0, 0.05) is 35.7 Å². The van der Waals surface area contributed by atoms with E-state index in [0.29, 0.717) is 0 Å². The molecule has 0 radical (unpaired) electrons. The average molecular weight is 661 g/mol. The molecule has 0 spiro atoms. The van der Waals surface area contributed by atoms with Crippen LogP contribution in [0, 0.1) is 6.92 Å². The Kier molecular flexibility index (Phi) is 8.78. The summed E-state index contributed by atoms with van der Waals surface area (Å²) in [5.74, 6) is 1.50. The third kappa shape index (κ3) is 5.28. The summed E-state index contributed by atoms with van der Waals surface area (Å²) in [5, 5.41) is 0. The summed E-state index contributed by atoms with van der Waals surface area (Å²) < 4.78 is 5.31. The monoisotopic (exact) mass is 660 g/mol. The molecule has 0 amide bonds. The van der Waals surface area contributed by atoms with Crippen LogP contribution in [-0.4, -0.2) is 0 Å². The lowest BCUT2D eigenvalue weighted by Crippen LogP contribution is -2.70. The Morgan fingerprint density at radius 3 is 2.16 bits per heavy atom. The van der Waals surface area contributed by atoms with Gasteiger partial charge in [0.25, 0.3) is 0 Å². The van der Waals surface area contributed by atoms with E-state index in [-0.39, 0.29) is 11.0 Å². The van der Waals surface area contributed by atoms with Crippen LogP contribution in [0.15, 0.2) is 103 Å². The van der Waals surface area contributed by atoms with Gasteiger partial charge < -0.3 is 0 Å². The van der Waals surface area contributed by atoms with Crippen LogP contribution in [-0.2, 0) is 23.9 Å². The SMILES string of the molecule is CCCCc1ccc2c(c1)C(C)(CC)C(CC)(CC[n+]1cc(-c3ccccc3)ccc1-c1cc3c(cc1C)C1CCC3CC1)[n+]1ccccc1-2. The zero-order chi connectivity index (χ0) is 34.5. The van der Waals surface area contributed by atoms with Crippen molar-refractivity contribution in [1.29, 1.82) is 0 Å². The fourth-order valence-corrected chi connectivity index (χ4v) is 10.5. The number of aryl methyl sites for hydroxylation is 3. The second kappa shape index (κ2) is 13.3. The highest BCUT2D eigenvalue weighted by Crippen LogP contribution is 2.52. The third-order valence-electron chi connectivity index (χ3n) is 13.6. The predicted molar refractivity (Wildman–Crippen MR) is 207 cm³/mol. The molecule has 1 saturated carbocycles. The fourth-order valence-electron chi connectivity index (χ4n) is 10.5. The lowest BCUT2D eigenvalue weighted by Gasteiger charge is -2.47. The first-order valence-electron chi connectivity index (χ1n) is 19.8. The molecule has 2 aromatic heterocycles. The van der Waals surface area contributed by atoms with Crippen molar-refractivity contribution < 1.29 is 9.13 Å². The van der Waals surface area contributed by atoms with Crippen molar-refractivity contribution in [3.63, 3.8) is 0 Å². The van der Waals surface area contributed by atoms with Gasteiger partial charge in [-0.25, -0.2) is 0 Å². The molecule has 1 fully saturated rings.